The van der Waals surface area contributed by atoms with Gasteiger partial charge in [0.05, 0.1) is 6.20 Å². The van der Waals surface area contributed by atoms with Crippen LogP contribution in [0.15, 0.2) is 42.7 Å². The highest BCUT2D eigenvalue weighted by atomic mass is 16.2. The number of nitrogens with zero attached hydrogens (tertiary/aromatic N) is 3. The fourth-order valence-corrected chi connectivity index (χ4v) is 3.32. The largest absolute Gasteiger partial charge is 0.334 e. The van der Waals surface area contributed by atoms with Crippen LogP contribution in [0.4, 0.5) is 4.79 Å². The second-order valence-electron chi connectivity index (χ2n) is 6.40. The lowest BCUT2D eigenvalue weighted by atomic mass is 9.96. The van der Waals surface area contributed by atoms with Crippen molar-refractivity contribution in [1.82, 2.24) is 20.0 Å². The maximum Gasteiger partial charge on any atom is 0.317 e. The maximum atomic E-state index is 12.6. The van der Waals surface area contributed by atoms with Crippen molar-refractivity contribution in [2.75, 3.05) is 6.54 Å². The summed E-state index contributed by atoms with van der Waals surface area (Å²) in [7, 11) is 0. The van der Waals surface area contributed by atoms with E-state index in [4.69, 9.17) is 0 Å². The van der Waals surface area contributed by atoms with Crippen LogP contribution in [0.25, 0.3) is 0 Å². The molecular formula is C19H26N4O. The zero-order valence-corrected chi connectivity index (χ0v) is 14.3. The molecule has 24 heavy (non-hydrogen) atoms. The van der Waals surface area contributed by atoms with Gasteiger partial charge in [0.2, 0.25) is 0 Å². The molecule has 1 aromatic heterocycles. The van der Waals surface area contributed by atoms with E-state index in [-0.39, 0.29) is 6.03 Å². The number of hydrogen-bond donors (Lipinski definition) is 1. The Morgan fingerprint density at radius 3 is 2.83 bits per heavy atom. The summed E-state index contributed by atoms with van der Waals surface area (Å²) in [6.45, 7) is 4.28. The third kappa shape index (κ3) is 4.16. The molecule has 5 heteroatoms. The van der Waals surface area contributed by atoms with Gasteiger partial charge in [0.15, 0.2) is 0 Å². The van der Waals surface area contributed by atoms with Crippen LogP contribution in [-0.4, -0.2) is 33.3 Å². The summed E-state index contributed by atoms with van der Waals surface area (Å²) >= 11 is 0. The SMILES string of the molecule is CCn1cc(CNC(=O)N2CCCCC2Cc2ccccc2)cn1. The number of aromatic nitrogens is 2. The fourth-order valence-electron chi connectivity index (χ4n) is 3.32. The molecule has 0 aliphatic carbocycles. The van der Waals surface area contributed by atoms with Crippen LogP contribution < -0.4 is 5.32 Å². The first-order valence-corrected chi connectivity index (χ1v) is 8.86. The van der Waals surface area contributed by atoms with Crippen molar-refractivity contribution in [2.24, 2.45) is 0 Å². The van der Waals surface area contributed by atoms with E-state index >= 15 is 0 Å². The van der Waals surface area contributed by atoms with E-state index in [2.05, 4.69) is 41.6 Å². The number of carbonyl (C=O) groups excluding carboxylic acids is 1. The highest BCUT2D eigenvalue weighted by Gasteiger charge is 2.26. The molecule has 5 nitrogen and oxygen atoms in total. The van der Waals surface area contributed by atoms with Gasteiger partial charge in [-0.25, -0.2) is 4.79 Å². The fraction of sp³-hybridized carbons (Fsp3) is 0.474. The molecule has 2 heterocycles. The van der Waals surface area contributed by atoms with Gasteiger partial charge in [-0.2, -0.15) is 5.10 Å². The van der Waals surface area contributed by atoms with Crippen LogP contribution >= 0.6 is 0 Å². The van der Waals surface area contributed by atoms with Crippen molar-refractivity contribution >= 4 is 6.03 Å². The second kappa shape index (κ2) is 7.99. The smallest absolute Gasteiger partial charge is 0.317 e. The van der Waals surface area contributed by atoms with Gasteiger partial charge in [-0.1, -0.05) is 30.3 Å². The lowest BCUT2D eigenvalue weighted by Crippen LogP contribution is -2.49. The van der Waals surface area contributed by atoms with Gasteiger partial charge in [-0.3, -0.25) is 4.68 Å². The zero-order chi connectivity index (χ0) is 16.8. The van der Waals surface area contributed by atoms with Crippen molar-refractivity contribution < 1.29 is 4.79 Å². The van der Waals surface area contributed by atoms with Gasteiger partial charge in [0.1, 0.15) is 0 Å². The van der Waals surface area contributed by atoms with Gasteiger partial charge in [0, 0.05) is 37.4 Å². The highest BCUT2D eigenvalue weighted by molar-refractivity contribution is 5.74. The Balaban J connectivity index is 1.58. The van der Waals surface area contributed by atoms with E-state index in [1.54, 1.807) is 0 Å². The quantitative estimate of drug-likeness (QED) is 0.917. The summed E-state index contributed by atoms with van der Waals surface area (Å²) < 4.78 is 1.88. The maximum absolute atomic E-state index is 12.6. The molecule has 1 aromatic carbocycles. The molecule has 2 amide bonds. The number of amides is 2. The van der Waals surface area contributed by atoms with Crippen LogP contribution in [-0.2, 0) is 19.5 Å². The lowest BCUT2D eigenvalue weighted by molar-refractivity contribution is 0.150. The van der Waals surface area contributed by atoms with Gasteiger partial charge in [-0.15, -0.1) is 0 Å². The van der Waals surface area contributed by atoms with Crippen LogP contribution in [0, 0.1) is 0 Å². The molecule has 1 atom stereocenters. The standard InChI is InChI=1S/C19H26N4O/c1-2-22-15-17(14-21-22)13-20-19(24)23-11-7-6-10-18(23)12-16-8-4-3-5-9-16/h3-5,8-9,14-15,18H,2,6-7,10-13H2,1H3,(H,20,24). The predicted octanol–water partition coefficient (Wildman–Crippen LogP) is 3.21. The Morgan fingerprint density at radius 2 is 2.08 bits per heavy atom. The van der Waals surface area contributed by atoms with E-state index in [0.29, 0.717) is 12.6 Å². The molecule has 0 spiro atoms. The lowest BCUT2D eigenvalue weighted by Gasteiger charge is -2.36. The average molecular weight is 326 g/mol. The predicted molar refractivity (Wildman–Crippen MR) is 94.6 cm³/mol. The third-order valence-electron chi connectivity index (χ3n) is 4.66. The number of nitrogens with one attached hydrogen (secondary N) is 1. The van der Waals surface area contributed by atoms with E-state index in [1.807, 2.05) is 28.0 Å². The molecule has 3 rings (SSSR count). The minimum Gasteiger partial charge on any atom is -0.334 e. The molecule has 1 N–H and O–H groups in total. The molecule has 0 radical (unpaired) electrons. The molecule has 128 valence electrons. The van der Waals surface area contributed by atoms with Crippen LogP contribution in [0.5, 0.6) is 0 Å². The molecule has 1 saturated heterocycles. The summed E-state index contributed by atoms with van der Waals surface area (Å²) in [5, 5.41) is 7.30. The first kappa shape index (κ1) is 16.6. The molecule has 0 saturated carbocycles. The number of hydrogen-bond acceptors (Lipinski definition) is 2. The van der Waals surface area contributed by atoms with E-state index in [0.717, 1.165) is 37.9 Å². The third-order valence-corrected chi connectivity index (χ3v) is 4.66. The highest BCUT2D eigenvalue weighted by Crippen LogP contribution is 2.21. The van der Waals surface area contributed by atoms with E-state index in [9.17, 15) is 4.79 Å². The van der Waals surface area contributed by atoms with Crippen molar-refractivity contribution in [2.45, 2.75) is 51.7 Å². The first-order valence-electron chi connectivity index (χ1n) is 8.86. The summed E-state index contributed by atoms with van der Waals surface area (Å²) in [4.78, 5) is 14.7. The Bertz CT molecular complexity index is 652. The van der Waals surface area contributed by atoms with Gasteiger partial charge < -0.3 is 10.2 Å². The summed E-state index contributed by atoms with van der Waals surface area (Å²) in [5.41, 5.74) is 2.34. The monoisotopic (exact) mass is 326 g/mol. The first-order chi connectivity index (χ1) is 11.8. The topological polar surface area (TPSA) is 50.2 Å². The number of benzene rings is 1. The average Bonchev–Trinajstić information content (AvgIpc) is 3.09. The zero-order valence-electron chi connectivity index (χ0n) is 14.3. The number of aryl methyl sites for hydroxylation is 1. The Kier molecular flexibility index (Phi) is 5.51. The number of piperidine rings is 1. The Hall–Kier alpha value is -2.30. The molecule has 0 bridgehead atoms. The Labute approximate surface area is 143 Å². The molecular weight excluding hydrogens is 300 g/mol. The molecule has 1 unspecified atom stereocenters. The van der Waals surface area contributed by atoms with Crippen molar-refractivity contribution in [3.05, 3.63) is 53.9 Å². The van der Waals surface area contributed by atoms with Crippen molar-refractivity contribution in [3.63, 3.8) is 0 Å². The molecule has 1 fully saturated rings. The summed E-state index contributed by atoms with van der Waals surface area (Å²) in [5.74, 6) is 0. The molecule has 1 aliphatic rings. The van der Waals surface area contributed by atoms with E-state index < -0.39 is 0 Å². The minimum absolute atomic E-state index is 0.0416. The number of carbonyl (C=O) groups is 1. The normalized spacial score (nSPS) is 17.7. The van der Waals surface area contributed by atoms with Gasteiger partial charge >= 0.3 is 6.03 Å². The summed E-state index contributed by atoms with van der Waals surface area (Å²) in [6, 6.07) is 10.8. The second-order valence-corrected chi connectivity index (χ2v) is 6.40. The van der Waals surface area contributed by atoms with Gasteiger partial charge in [-0.05, 0) is 38.2 Å². The molecule has 2 aromatic rings. The van der Waals surface area contributed by atoms with Gasteiger partial charge in [0.25, 0.3) is 0 Å². The van der Waals surface area contributed by atoms with Crippen molar-refractivity contribution in [3.8, 4) is 0 Å². The number of likely N-dealkylation sites (tertiary alicyclic amines) is 1. The number of urea groups is 1. The number of rotatable bonds is 5. The summed E-state index contributed by atoms with van der Waals surface area (Å²) in [6.07, 6.45) is 8.11. The van der Waals surface area contributed by atoms with Crippen LogP contribution in [0.1, 0.15) is 37.3 Å². The van der Waals surface area contributed by atoms with Crippen LogP contribution in [0.3, 0.4) is 0 Å². The minimum atomic E-state index is 0.0416. The van der Waals surface area contributed by atoms with Crippen LogP contribution in [0.2, 0.25) is 0 Å². The molecule has 1 aliphatic heterocycles. The van der Waals surface area contributed by atoms with Crippen molar-refractivity contribution in [1.29, 1.82) is 0 Å². The van der Waals surface area contributed by atoms with E-state index in [1.165, 1.54) is 12.0 Å². The Morgan fingerprint density at radius 1 is 1.25 bits per heavy atom.